The van der Waals surface area contributed by atoms with E-state index in [1.54, 1.807) is 6.07 Å². The number of nitrogens with zero attached hydrogens (tertiary/aromatic N) is 1. The summed E-state index contributed by atoms with van der Waals surface area (Å²) in [5, 5.41) is 2.69. The molecule has 16 heavy (non-hydrogen) atoms. The number of hydrogen-bond donors (Lipinski definition) is 1. The van der Waals surface area contributed by atoms with Crippen molar-refractivity contribution in [2.24, 2.45) is 0 Å². The summed E-state index contributed by atoms with van der Waals surface area (Å²) < 4.78 is 13.1. The van der Waals surface area contributed by atoms with Gasteiger partial charge in [0, 0.05) is 6.04 Å². The molecule has 4 heteroatoms. The number of nitrogens with one attached hydrogen (secondary N) is 1. The molecule has 0 spiro atoms. The molecule has 0 saturated carbocycles. The zero-order valence-corrected chi connectivity index (χ0v) is 9.46. The van der Waals surface area contributed by atoms with E-state index < -0.39 is 0 Å². The minimum Gasteiger partial charge on any atom is -0.358 e. The first-order valence-electron chi connectivity index (χ1n) is 5.48. The Labute approximate surface area is 94.3 Å². The van der Waals surface area contributed by atoms with E-state index in [9.17, 15) is 9.18 Å². The van der Waals surface area contributed by atoms with Crippen LogP contribution in [0.1, 0.15) is 20.3 Å². The monoisotopic (exact) mass is 222 g/mol. The Hall–Kier alpha value is -1.58. The van der Waals surface area contributed by atoms with E-state index in [0.717, 1.165) is 12.1 Å². The molecule has 0 saturated heterocycles. The molecular weight excluding hydrogens is 207 g/mol. The number of amides is 1. The van der Waals surface area contributed by atoms with Gasteiger partial charge >= 0.3 is 0 Å². The van der Waals surface area contributed by atoms with Crippen LogP contribution in [-0.4, -0.2) is 18.5 Å². The van der Waals surface area contributed by atoms with E-state index in [1.807, 2.05) is 4.90 Å². The van der Waals surface area contributed by atoms with Crippen LogP contribution in [0.5, 0.6) is 0 Å². The topological polar surface area (TPSA) is 32.3 Å². The highest BCUT2D eigenvalue weighted by Gasteiger charge is 2.24. The van der Waals surface area contributed by atoms with Gasteiger partial charge in [0.15, 0.2) is 0 Å². The summed E-state index contributed by atoms with van der Waals surface area (Å²) in [5.41, 5.74) is 1.46. The van der Waals surface area contributed by atoms with E-state index in [4.69, 9.17) is 0 Å². The van der Waals surface area contributed by atoms with Crippen molar-refractivity contribution in [2.45, 2.75) is 26.3 Å². The summed E-state index contributed by atoms with van der Waals surface area (Å²) in [6, 6.07) is 4.78. The molecule has 1 aromatic carbocycles. The molecule has 1 aliphatic rings. The van der Waals surface area contributed by atoms with E-state index in [2.05, 4.69) is 19.2 Å². The predicted octanol–water partition coefficient (Wildman–Crippen LogP) is 2.38. The second-order valence-electron chi connectivity index (χ2n) is 4.09. The number of benzene rings is 1. The van der Waals surface area contributed by atoms with Gasteiger partial charge in [0.1, 0.15) is 5.82 Å². The summed E-state index contributed by atoms with van der Waals surface area (Å²) >= 11 is 0. The first kappa shape index (κ1) is 10.9. The lowest BCUT2D eigenvalue weighted by Gasteiger charge is -2.35. The maximum Gasteiger partial charge on any atom is 0.243 e. The number of halogens is 1. The molecule has 86 valence electrons. The first-order valence-corrected chi connectivity index (χ1v) is 5.48. The molecule has 0 aromatic heterocycles. The Morgan fingerprint density at radius 3 is 3.00 bits per heavy atom. The molecule has 1 aromatic rings. The second-order valence-corrected chi connectivity index (χ2v) is 4.09. The fourth-order valence-corrected chi connectivity index (χ4v) is 1.90. The van der Waals surface area contributed by atoms with Gasteiger partial charge < -0.3 is 10.2 Å². The Morgan fingerprint density at radius 2 is 2.31 bits per heavy atom. The van der Waals surface area contributed by atoms with Gasteiger partial charge in [-0.15, -0.1) is 0 Å². The van der Waals surface area contributed by atoms with Gasteiger partial charge in [-0.1, -0.05) is 6.92 Å². The quantitative estimate of drug-likeness (QED) is 0.833. The van der Waals surface area contributed by atoms with Crippen molar-refractivity contribution in [3.05, 3.63) is 24.0 Å². The van der Waals surface area contributed by atoms with E-state index >= 15 is 0 Å². The molecule has 1 unspecified atom stereocenters. The molecule has 1 atom stereocenters. The van der Waals surface area contributed by atoms with Crippen LogP contribution in [0.3, 0.4) is 0 Å². The van der Waals surface area contributed by atoms with Crippen molar-refractivity contribution in [1.82, 2.24) is 0 Å². The minimum absolute atomic E-state index is 0.0848. The third kappa shape index (κ3) is 1.87. The highest BCUT2D eigenvalue weighted by Crippen LogP contribution is 2.31. The molecule has 0 bridgehead atoms. The lowest BCUT2D eigenvalue weighted by atomic mass is 10.1. The number of fused-ring (bicyclic) bond motifs is 1. The summed E-state index contributed by atoms with van der Waals surface area (Å²) in [7, 11) is 0. The lowest BCUT2D eigenvalue weighted by Crippen LogP contribution is -2.43. The van der Waals surface area contributed by atoms with Gasteiger partial charge in [-0.05, 0) is 31.5 Å². The molecule has 1 aliphatic heterocycles. The summed E-state index contributed by atoms with van der Waals surface area (Å²) in [6.45, 7) is 4.47. The Bertz CT molecular complexity index is 419. The summed E-state index contributed by atoms with van der Waals surface area (Å²) in [5.74, 6) is -0.413. The summed E-state index contributed by atoms with van der Waals surface area (Å²) in [6.07, 6.45) is 0.949. The third-order valence-electron chi connectivity index (χ3n) is 2.98. The summed E-state index contributed by atoms with van der Waals surface area (Å²) in [4.78, 5) is 13.5. The normalized spacial score (nSPS) is 16.7. The van der Waals surface area contributed by atoms with E-state index in [-0.39, 0.29) is 17.8 Å². The number of hydrogen-bond acceptors (Lipinski definition) is 2. The Balaban J connectivity index is 2.41. The van der Waals surface area contributed by atoms with Crippen molar-refractivity contribution in [1.29, 1.82) is 0 Å². The third-order valence-corrected chi connectivity index (χ3v) is 2.98. The molecule has 0 radical (unpaired) electrons. The van der Waals surface area contributed by atoms with Crippen molar-refractivity contribution in [3.63, 3.8) is 0 Å². The van der Waals surface area contributed by atoms with Gasteiger partial charge in [0.2, 0.25) is 5.91 Å². The molecule has 1 amide bonds. The van der Waals surface area contributed by atoms with Gasteiger partial charge in [0.25, 0.3) is 0 Å². The minimum atomic E-state index is -0.329. The van der Waals surface area contributed by atoms with E-state index in [0.29, 0.717) is 12.2 Å². The van der Waals surface area contributed by atoms with Crippen LogP contribution in [0.4, 0.5) is 15.8 Å². The van der Waals surface area contributed by atoms with Crippen LogP contribution < -0.4 is 10.2 Å². The molecule has 2 rings (SSSR count). The highest BCUT2D eigenvalue weighted by atomic mass is 19.1. The van der Waals surface area contributed by atoms with E-state index in [1.165, 1.54) is 12.1 Å². The van der Waals surface area contributed by atoms with Crippen LogP contribution in [0, 0.1) is 5.82 Å². The molecule has 3 nitrogen and oxygen atoms in total. The first-order chi connectivity index (χ1) is 7.61. The van der Waals surface area contributed by atoms with Crippen molar-refractivity contribution < 1.29 is 9.18 Å². The number of rotatable bonds is 2. The maximum absolute atomic E-state index is 13.1. The highest BCUT2D eigenvalue weighted by molar-refractivity contribution is 6.01. The fraction of sp³-hybridized carbons (Fsp3) is 0.417. The molecule has 0 aliphatic carbocycles. The zero-order chi connectivity index (χ0) is 11.7. The van der Waals surface area contributed by atoms with Crippen molar-refractivity contribution in [3.8, 4) is 0 Å². The van der Waals surface area contributed by atoms with Crippen LogP contribution in [-0.2, 0) is 4.79 Å². The SMILES string of the molecule is CCC(C)N1CC(=O)Nc2cc(F)ccc21. The maximum atomic E-state index is 13.1. The molecule has 0 fully saturated rings. The van der Waals surface area contributed by atoms with Gasteiger partial charge in [-0.25, -0.2) is 4.39 Å². The molecule has 1 N–H and O–H groups in total. The zero-order valence-electron chi connectivity index (χ0n) is 9.46. The van der Waals surface area contributed by atoms with Gasteiger partial charge in [-0.3, -0.25) is 4.79 Å². The average Bonchev–Trinajstić information content (AvgIpc) is 2.26. The standard InChI is InChI=1S/C12H15FN2O/c1-3-8(2)15-7-12(16)14-10-6-9(13)4-5-11(10)15/h4-6,8H,3,7H2,1-2H3,(H,14,16). The fourth-order valence-electron chi connectivity index (χ4n) is 1.90. The van der Waals surface area contributed by atoms with Crippen LogP contribution in [0.15, 0.2) is 18.2 Å². The van der Waals surface area contributed by atoms with Crippen LogP contribution in [0.25, 0.3) is 0 Å². The molecule has 1 heterocycles. The Kier molecular flexibility index (Phi) is 2.81. The Morgan fingerprint density at radius 1 is 1.56 bits per heavy atom. The van der Waals surface area contributed by atoms with Crippen molar-refractivity contribution in [2.75, 3.05) is 16.8 Å². The average molecular weight is 222 g/mol. The molecular formula is C12H15FN2O. The van der Waals surface area contributed by atoms with Gasteiger partial charge in [0.05, 0.1) is 17.9 Å². The van der Waals surface area contributed by atoms with Crippen molar-refractivity contribution >= 4 is 17.3 Å². The van der Waals surface area contributed by atoms with Crippen LogP contribution >= 0.6 is 0 Å². The predicted molar refractivity (Wildman–Crippen MR) is 62.1 cm³/mol. The number of carbonyl (C=O) groups is 1. The number of anilines is 2. The number of carbonyl (C=O) groups excluding carboxylic acids is 1. The second kappa shape index (κ2) is 4.12. The largest absolute Gasteiger partial charge is 0.358 e. The van der Waals surface area contributed by atoms with Gasteiger partial charge in [-0.2, -0.15) is 0 Å². The smallest absolute Gasteiger partial charge is 0.243 e. The van der Waals surface area contributed by atoms with Crippen LogP contribution in [0.2, 0.25) is 0 Å². The lowest BCUT2D eigenvalue weighted by molar-refractivity contribution is -0.115.